The average molecular weight is 194 g/mol. The zero-order valence-electron chi connectivity index (χ0n) is 9.80. The van der Waals surface area contributed by atoms with Crippen molar-refractivity contribution in [1.82, 2.24) is 0 Å². The molecular formula is C14H26. The molecule has 2 saturated carbocycles. The Balaban J connectivity index is 1.90. The molecule has 0 heterocycles. The molecule has 0 aliphatic heterocycles. The summed E-state index contributed by atoms with van der Waals surface area (Å²) in [5.74, 6) is 3.24. The monoisotopic (exact) mass is 194 g/mol. The summed E-state index contributed by atoms with van der Waals surface area (Å²) in [7, 11) is 0. The largest absolute Gasteiger partial charge is 0.0622 e. The summed E-state index contributed by atoms with van der Waals surface area (Å²) in [6, 6.07) is 0. The van der Waals surface area contributed by atoms with Crippen LogP contribution < -0.4 is 0 Å². The highest BCUT2D eigenvalue weighted by Crippen LogP contribution is 2.40. The van der Waals surface area contributed by atoms with Crippen molar-refractivity contribution in [2.75, 3.05) is 0 Å². The van der Waals surface area contributed by atoms with E-state index >= 15 is 0 Å². The van der Waals surface area contributed by atoms with Gasteiger partial charge in [-0.25, -0.2) is 0 Å². The first kappa shape index (κ1) is 10.5. The maximum atomic E-state index is 2.51. The molecule has 0 nitrogen and oxygen atoms in total. The predicted octanol–water partition coefficient (Wildman–Crippen LogP) is 4.78. The van der Waals surface area contributed by atoms with Crippen molar-refractivity contribution in [1.29, 1.82) is 0 Å². The minimum absolute atomic E-state index is 1.03. The van der Waals surface area contributed by atoms with Crippen LogP contribution in [0.1, 0.15) is 71.1 Å². The van der Waals surface area contributed by atoms with Gasteiger partial charge in [0, 0.05) is 0 Å². The van der Waals surface area contributed by atoms with E-state index in [9.17, 15) is 0 Å². The van der Waals surface area contributed by atoms with Crippen molar-refractivity contribution in [3.63, 3.8) is 0 Å². The molecule has 2 aliphatic carbocycles. The molecule has 2 unspecified atom stereocenters. The van der Waals surface area contributed by atoms with Crippen molar-refractivity contribution in [3.05, 3.63) is 0 Å². The highest BCUT2D eigenvalue weighted by molar-refractivity contribution is 4.80. The van der Waals surface area contributed by atoms with Gasteiger partial charge in [0.25, 0.3) is 0 Å². The molecule has 0 radical (unpaired) electrons. The van der Waals surface area contributed by atoms with E-state index in [0.717, 1.165) is 17.8 Å². The molecule has 0 aromatic heterocycles. The molecule has 0 aromatic carbocycles. The molecule has 0 N–H and O–H groups in total. The van der Waals surface area contributed by atoms with Gasteiger partial charge < -0.3 is 0 Å². The highest BCUT2D eigenvalue weighted by atomic mass is 14.3. The van der Waals surface area contributed by atoms with Gasteiger partial charge in [-0.3, -0.25) is 0 Å². The predicted molar refractivity (Wildman–Crippen MR) is 62.3 cm³/mol. The maximum Gasteiger partial charge on any atom is -0.0360 e. The van der Waals surface area contributed by atoms with Crippen LogP contribution in [-0.4, -0.2) is 0 Å². The molecule has 0 amide bonds. The summed E-state index contributed by atoms with van der Waals surface area (Å²) < 4.78 is 0. The summed E-state index contributed by atoms with van der Waals surface area (Å²) in [5.41, 5.74) is 0. The van der Waals surface area contributed by atoms with Gasteiger partial charge >= 0.3 is 0 Å². The van der Waals surface area contributed by atoms with Gasteiger partial charge in [-0.05, 0) is 24.2 Å². The fraction of sp³-hybridized carbons (Fsp3) is 1.00. The van der Waals surface area contributed by atoms with Gasteiger partial charge in [0.2, 0.25) is 0 Å². The summed E-state index contributed by atoms with van der Waals surface area (Å²) in [4.78, 5) is 0. The lowest BCUT2D eigenvalue weighted by molar-refractivity contribution is 0.160. The molecule has 14 heavy (non-hydrogen) atoms. The lowest BCUT2D eigenvalue weighted by atomic mass is 9.71. The third kappa shape index (κ3) is 2.52. The van der Waals surface area contributed by atoms with Crippen molar-refractivity contribution in [2.45, 2.75) is 71.1 Å². The number of hydrogen-bond donors (Lipinski definition) is 0. The minimum atomic E-state index is 1.03. The minimum Gasteiger partial charge on any atom is -0.0622 e. The normalized spacial score (nSPS) is 36.6. The van der Waals surface area contributed by atoms with Crippen LogP contribution in [0.5, 0.6) is 0 Å². The lowest BCUT2D eigenvalue weighted by Crippen LogP contribution is -2.24. The number of rotatable bonds is 1. The van der Waals surface area contributed by atoms with Gasteiger partial charge in [0.1, 0.15) is 0 Å². The van der Waals surface area contributed by atoms with Crippen molar-refractivity contribution < 1.29 is 0 Å². The standard InChI is InChI=1S/C14H26/c1-12-8-6-7-11-14(12)13-9-4-2-3-5-10-13/h12-14H,2-11H2,1H3. The third-order valence-electron chi connectivity index (χ3n) is 4.68. The van der Waals surface area contributed by atoms with Gasteiger partial charge in [0.05, 0.1) is 0 Å². The van der Waals surface area contributed by atoms with Crippen LogP contribution in [0.25, 0.3) is 0 Å². The second-order valence-corrected chi connectivity index (χ2v) is 5.68. The molecule has 82 valence electrons. The highest BCUT2D eigenvalue weighted by Gasteiger charge is 2.28. The van der Waals surface area contributed by atoms with Crippen LogP contribution in [0.4, 0.5) is 0 Å². The second kappa shape index (κ2) is 5.19. The van der Waals surface area contributed by atoms with Crippen LogP contribution >= 0.6 is 0 Å². The summed E-state index contributed by atoms with van der Waals surface area (Å²) in [6.07, 6.45) is 15.3. The van der Waals surface area contributed by atoms with Gasteiger partial charge in [-0.1, -0.05) is 64.7 Å². The van der Waals surface area contributed by atoms with Crippen LogP contribution in [-0.2, 0) is 0 Å². The molecule has 0 saturated heterocycles. The van der Waals surface area contributed by atoms with Crippen LogP contribution in [0.15, 0.2) is 0 Å². The first-order chi connectivity index (χ1) is 6.88. The Hall–Kier alpha value is 0. The van der Waals surface area contributed by atoms with Crippen molar-refractivity contribution in [2.24, 2.45) is 17.8 Å². The van der Waals surface area contributed by atoms with Gasteiger partial charge in [-0.15, -0.1) is 0 Å². The Morgan fingerprint density at radius 1 is 0.643 bits per heavy atom. The van der Waals surface area contributed by atoms with Crippen molar-refractivity contribution in [3.8, 4) is 0 Å². The Labute approximate surface area is 89.5 Å². The second-order valence-electron chi connectivity index (χ2n) is 5.68. The summed E-state index contributed by atoms with van der Waals surface area (Å²) in [6.45, 7) is 2.51. The molecule has 2 rings (SSSR count). The van der Waals surface area contributed by atoms with E-state index in [1.807, 2.05) is 0 Å². The molecule has 0 bridgehead atoms. The third-order valence-corrected chi connectivity index (χ3v) is 4.68. The Morgan fingerprint density at radius 3 is 1.86 bits per heavy atom. The molecule has 2 aliphatic rings. The fourth-order valence-electron chi connectivity index (χ4n) is 3.78. The average Bonchev–Trinajstić information content (AvgIpc) is 2.47. The quantitative estimate of drug-likeness (QED) is 0.527. The van der Waals surface area contributed by atoms with E-state index < -0.39 is 0 Å². The fourth-order valence-corrected chi connectivity index (χ4v) is 3.78. The lowest BCUT2D eigenvalue weighted by Gasteiger charge is -2.35. The van der Waals surface area contributed by atoms with E-state index in [1.165, 1.54) is 44.9 Å². The Kier molecular flexibility index (Phi) is 3.89. The molecule has 0 aromatic rings. The Bertz CT molecular complexity index is 153. The van der Waals surface area contributed by atoms with E-state index in [-0.39, 0.29) is 0 Å². The zero-order chi connectivity index (χ0) is 9.80. The van der Waals surface area contributed by atoms with E-state index in [2.05, 4.69) is 6.92 Å². The van der Waals surface area contributed by atoms with E-state index in [4.69, 9.17) is 0 Å². The topological polar surface area (TPSA) is 0 Å². The Morgan fingerprint density at radius 2 is 1.21 bits per heavy atom. The van der Waals surface area contributed by atoms with Crippen LogP contribution in [0, 0.1) is 17.8 Å². The summed E-state index contributed by atoms with van der Waals surface area (Å²) in [5, 5.41) is 0. The molecular weight excluding hydrogens is 168 g/mol. The maximum absolute atomic E-state index is 2.51. The van der Waals surface area contributed by atoms with E-state index in [1.54, 1.807) is 19.3 Å². The molecule has 0 spiro atoms. The van der Waals surface area contributed by atoms with Crippen LogP contribution in [0.2, 0.25) is 0 Å². The van der Waals surface area contributed by atoms with Crippen molar-refractivity contribution >= 4 is 0 Å². The number of hydrogen-bond acceptors (Lipinski definition) is 0. The van der Waals surface area contributed by atoms with Gasteiger partial charge in [0.15, 0.2) is 0 Å². The molecule has 2 atom stereocenters. The summed E-state index contributed by atoms with van der Waals surface area (Å²) >= 11 is 0. The van der Waals surface area contributed by atoms with E-state index in [0.29, 0.717) is 0 Å². The molecule has 2 fully saturated rings. The van der Waals surface area contributed by atoms with Crippen LogP contribution in [0.3, 0.4) is 0 Å². The van der Waals surface area contributed by atoms with Gasteiger partial charge in [-0.2, -0.15) is 0 Å². The smallest absolute Gasteiger partial charge is 0.0360 e. The first-order valence-corrected chi connectivity index (χ1v) is 6.88. The first-order valence-electron chi connectivity index (χ1n) is 6.88. The molecule has 0 heteroatoms. The SMILES string of the molecule is CC1CCCCC1C1CCCCCC1. The zero-order valence-corrected chi connectivity index (χ0v) is 9.80.